The molecule has 10 nitrogen and oxygen atoms in total. The molecule has 1 aromatic carbocycles. The monoisotopic (exact) mass is 434 g/mol. The zero-order valence-corrected chi connectivity index (χ0v) is 16.9. The minimum Gasteiger partial charge on any atom is -0.480 e. The van der Waals surface area contributed by atoms with E-state index in [1.165, 1.54) is 55.9 Å². The lowest BCUT2D eigenvalue weighted by atomic mass is 10.2. The van der Waals surface area contributed by atoms with Gasteiger partial charge in [-0.05, 0) is 42.5 Å². The molecular weight excluding hydrogens is 420 g/mol. The Labute approximate surface area is 176 Å². The maximum Gasteiger partial charge on any atom is 0.274 e. The molecule has 0 radical (unpaired) electrons. The van der Waals surface area contributed by atoms with Crippen molar-refractivity contribution in [1.29, 1.82) is 5.26 Å². The number of ether oxygens (including phenoxy) is 1. The quantitative estimate of drug-likeness (QED) is 0.502. The highest BCUT2D eigenvalue weighted by molar-refractivity contribution is 7.92. The number of nitrogens with one attached hydrogen (secondary N) is 1. The Kier molecular flexibility index (Phi) is 5.06. The summed E-state index contributed by atoms with van der Waals surface area (Å²) < 4.78 is 34.3. The second kappa shape index (κ2) is 7.85. The van der Waals surface area contributed by atoms with Gasteiger partial charge in [-0.25, -0.2) is 18.4 Å². The van der Waals surface area contributed by atoms with Crippen molar-refractivity contribution >= 4 is 21.4 Å². The molecule has 0 fully saturated rings. The van der Waals surface area contributed by atoms with E-state index in [4.69, 9.17) is 10.00 Å². The third-order valence-electron chi connectivity index (χ3n) is 4.33. The van der Waals surface area contributed by atoms with Crippen LogP contribution in [-0.2, 0) is 10.0 Å². The van der Waals surface area contributed by atoms with Gasteiger partial charge in [0.25, 0.3) is 15.6 Å². The van der Waals surface area contributed by atoms with Gasteiger partial charge in [-0.15, -0.1) is 0 Å². The van der Waals surface area contributed by atoms with Crippen LogP contribution >= 0.6 is 0 Å². The zero-order chi connectivity index (χ0) is 22.0. The van der Waals surface area contributed by atoms with Crippen molar-refractivity contribution in [2.24, 2.45) is 0 Å². The highest BCUT2D eigenvalue weighted by Crippen LogP contribution is 2.29. The van der Waals surface area contributed by atoms with Crippen LogP contribution in [-0.4, -0.2) is 35.1 Å². The maximum absolute atomic E-state index is 12.8. The molecule has 0 saturated carbocycles. The molecule has 0 spiro atoms. The second-order valence-corrected chi connectivity index (χ2v) is 7.98. The summed E-state index contributed by atoms with van der Waals surface area (Å²) >= 11 is 0. The van der Waals surface area contributed by atoms with Crippen molar-refractivity contribution in [3.05, 3.63) is 76.8 Å². The van der Waals surface area contributed by atoms with Crippen LogP contribution in [0.25, 0.3) is 16.9 Å². The Hall–Kier alpha value is -4.30. The van der Waals surface area contributed by atoms with Crippen LogP contribution in [0, 0.1) is 11.3 Å². The maximum atomic E-state index is 12.8. The Morgan fingerprint density at radius 1 is 1.10 bits per heavy atom. The number of sulfonamides is 1. The topological polar surface area (TPSA) is 139 Å². The Morgan fingerprint density at radius 2 is 1.87 bits per heavy atom. The smallest absolute Gasteiger partial charge is 0.274 e. The fourth-order valence-electron chi connectivity index (χ4n) is 2.82. The Balaban J connectivity index is 1.75. The number of rotatable bonds is 5. The van der Waals surface area contributed by atoms with E-state index in [1.54, 1.807) is 12.1 Å². The number of methoxy groups -OCH3 is 1. The molecular formula is C20H14N6O4S. The largest absolute Gasteiger partial charge is 0.480 e. The lowest BCUT2D eigenvalue weighted by Gasteiger charge is -2.12. The van der Waals surface area contributed by atoms with E-state index in [9.17, 15) is 13.2 Å². The number of pyridine rings is 1. The summed E-state index contributed by atoms with van der Waals surface area (Å²) in [5, 5.41) is 13.2. The van der Waals surface area contributed by atoms with Crippen LogP contribution < -0.4 is 15.0 Å². The van der Waals surface area contributed by atoms with E-state index >= 15 is 0 Å². The van der Waals surface area contributed by atoms with Gasteiger partial charge in [0.05, 0.1) is 29.3 Å². The van der Waals surface area contributed by atoms with E-state index < -0.39 is 10.0 Å². The molecule has 0 unspecified atom stereocenters. The van der Waals surface area contributed by atoms with E-state index in [2.05, 4.69) is 19.8 Å². The van der Waals surface area contributed by atoms with E-state index in [-0.39, 0.29) is 22.0 Å². The van der Waals surface area contributed by atoms with Crippen molar-refractivity contribution in [2.75, 3.05) is 11.8 Å². The Morgan fingerprint density at radius 3 is 2.58 bits per heavy atom. The molecule has 0 bridgehead atoms. The van der Waals surface area contributed by atoms with Gasteiger partial charge >= 0.3 is 0 Å². The minimum absolute atomic E-state index is 0.0274. The number of nitrogens with zero attached hydrogens (tertiary/aromatic N) is 5. The van der Waals surface area contributed by atoms with Crippen LogP contribution in [0.2, 0.25) is 0 Å². The van der Waals surface area contributed by atoms with Crippen molar-refractivity contribution in [3.63, 3.8) is 0 Å². The molecule has 11 heteroatoms. The molecule has 0 aliphatic carbocycles. The lowest BCUT2D eigenvalue weighted by Crippen LogP contribution is -2.16. The number of hydrogen-bond donors (Lipinski definition) is 1. The molecule has 0 aliphatic rings. The van der Waals surface area contributed by atoms with Crippen LogP contribution in [0.5, 0.6) is 5.88 Å². The van der Waals surface area contributed by atoms with Crippen molar-refractivity contribution < 1.29 is 13.2 Å². The van der Waals surface area contributed by atoms with E-state index in [1.807, 2.05) is 6.07 Å². The first-order chi connectivity index (χ1) is 14.9. The number of aromatic nitrogens is 4. The van der Waals surface area contributed by atoms with Crippen molar-refractivity contribution in [2.45, 2.75) is 4.90 Å². The minimum atomic E-state index is -3.98. The number of benzene rings is 1. The summed E-state index contributed by atoms with van der Waals surface area (Å²) in [6.07, 6.45) is 2.85. The first-order valence-corrected chi connectivity index (χ1v) is 10.3. The van der Waals surface area contributed by atoms with Crippen LogP contribution in [0.1, 0.15) is 5.56 Å². The van der Waals surface area contributed by atoms with E-state index in [0.29, 0.717) is 22.5 Å². The summed E-state index contributed by atoms with van der Waals surface area (Å²) in [6, 6.07) is 13.5. The van der Waals surface area contributed by atoms with Crippen molar-refractivity contribution in [3.8, 4) is 23.2 Å². The second-order valence-electron chi connectivity index (χ2n) is 6.29. The molecule has 4 rings (SSSR count). The average Bonchev–Trinajstić information content (AvgIpc) is 2.79. The summed E-state index contributed by atoms with van der Waals surface area (Å²) in [5.74, 6) is 0.0561. The predicted molar refractivity (Wildman–Crippen MR) is 111 cm³/mol. The summed E-state index contributed by atoms with van der Waals surface area (Å²) in [4.78, 5) is 20.2. The van der Waals surface area contributed by atoms with Crippen LogP contribution in [0.4, 0.5) is 5.69 Å². The number of hydrogen-bond acceptors (Lipinski definition) is 8. The highest BCUT2D eigenvalue weighted by Gasteiger charge is 2.18. The van der Waals surface area contributed by atoms with Gasteiger partial charge in [0.15, 0.2) is 5.65 Å². The van der Waals surface area contributed by atoms with Gasteiger partial charge in [-0.1, -0.05) is 0 Å². The van der Waals surface area contributed by atoms with Crippen molar-refractivity contribution in [1.82, 2.24) is 19.6 Å². The third-order valence-corrected chi connectivity index (χ3v) is 5.71. The molecule has 154 valence electrons. The third kappa shape index (κ3) is 3.92. The fourth-order valence-corrected chi connectivity index (χ4v) is 3.87. The average molecular weight is 434 g/mol. The normalized spacial score (nSPS) is 11.1. The van der Waals surface area contributed by atoms with Gasteiger partial charge in [0.1, 0.15) is 5.69 Å². The summed E-state index contributed by atoms with van der Waals surface area (Å²) in [7, 11) is -2.61. The standard InChI is InChI=1S/C20H14N6O4S/c1-30-20-17(25-31(28,29)15-4-2-13(11-21)3-5-15)10-14(12-23-20)16-6-7-18-22-9-8-19(27)26(18)24-16/h2-10,12,25H,1H3. The number of anilines is 1. The van der Waals surface area contributed by atoms with Gasteiger partial charge in [-0.3, -0.25) is 9.52 Å². The molecule has 3 heterocycles. The summed E-state index contributed by atoms with van der Waals surface area (Å²) in [6.45, 7) is 0. The van der Waals surface area contributed by atoms with Crippen LogP contribution in [0.15, 0.2) is 70.6 Å². The fraction of sp³-hybridized carbons (Fsp3) is 0.0500. The van der Waals surface area contributed by atoms with Gasteiger partial charge in [0, 0.05) is 24.0 Å². The van der Waals surface area contributed by atoms with E-state index in [0.717, 1.165) is 4.52 Å². The number of fused-ring (bicyclic) bond motifs is 1. The van der Waals surface area contributed by atoms with Gasteiger partial charge in [0.2, 0.25) is 5.88 Å². The molecule has 4 aromatic rings. The van der Waals surface area contributed by atoms with Gasteiger partial charge < -0.3 is 4.74 Å². The molecule has 0 aliphatic heterocycles. The summed E-state index contributed by atoms with van der Waals surface area (Å²) in [5.41, 5.74) is 1.29. The first-order valence-electron chi connectivity index (χ1n) is 8.84. The molecule has 3 aromatic heterocycles. The molecule has 0 saturated heterocycles. The number of nitriles is 1. The van der Waals surface area contributed by atoms with Gasteiger partial charge in [-0.2, -0.15) is 14.9 Å². The lowest BCUT2D eigenvalue weighted by molar-refractivity contribution is 0.400. The molecule has 1 N–H and O–H groups in total. The highest BCUT2D eigenvalue weighted by atomic mass is 32.2. The van der Waals surface area contributed by atoms with Crippen LogP contribution in [0.3, 0.4) is 0 Å². The molecule has 31 heavy (non-hydrogen) atoms. The Bertz CT molecular complexity index is 1490. The molecule has 0 amide bonds. The predicted octanol–water partition coefficient (Wildman–Crippen LogP) is 1.83. The zero-order valence-electron chi connectivity index (χ0n) is 16.1. The first kappa shape index (κ1) is 20.0. The molecule has 0 atom stereocenters. The SMILES string of the molecule is COc1ncc(-c2ccc3nccc(=O)n3n2)cc1NS(=O)(=O)c1ccc(C#N)cc1.